The molecule has 0 spiro atoms. The number of ether oxygens (including phenoxy) is 1. The Morgan fingerprint density at radius 2 is 1.74 bits per heavy atom. The lowest BCUT2D eigenvalue weighted by atomic mass is 9.92. The summed E-state index contributed by atoms with van der Waals surface area (Å²) in [6.07, 6.45) is -2.24. The van der Waals surface area contributed by atoms with Crippen LogP contribution in [-0.2, 0) is 15.7 Å². The lowest BCUT2D eigenvalue weighted by Crippen LogP contribution is -2.50. The molecule has 1 saturated carbocycles. The number of benzene rings is 2. The molecule has 1 N–H and O–H groups in total. The third-order valence-corrected chi connectivity index (χ3v) is 7.31. The number of carbonyl (C=O) groups is 1. The molecule has 11 heteroatoms. The average molecular weight is 535 g/mol. The molecule has 8 nitrogen and oxygen atoms in total. The zero-order valence-electron chi connectivity index (χ0n) is 21.6. The number of anilines is 2. The Morgan fingerprint density at radius 3 is 2.34 bits per heavy atom. The topological polar surface area (TPSA) is 88.0 Å². The average Bonchev–Trinajstić information content (AvgIpc) is 2.87. The molecule has 1 amide bonds. The van der Waals surface area contributed by atoms with Gasteiger partial charge in [0, 0.05) is 49.7 Å². The Kier molecular flexibility index (Phi) is 8.44. The van der Waals surface area contributed by atoms with Gasteiger partial charge in [-0.1, -0.05) is 17.7 Å². The Balaban J connectivity index is 1.21. The van der Waals surface area contributed by atoms with E-state index in [0.29, 0.717) is 38.8 Å². The Labute approximate surface area is 219 Å². The number of carbonyl (C=O) groups excluding carboxylic acids is 1. The highest BCUT2D eigenvalue weighted by Crippen LogP contribution is 2.38. The quantitative estimate of drug-likeness (QED) is 0.382. The lowest BCUT2D eigenvalue weighted by Gasteiger charge is -2.37. The van der Waals surface area contributed by atoms with E-state index in [1.54, 1.807) is 0 Å². The van der Waals surface area contributed by atoms with Gasteiger partial charge in [-0.05, 0) is 63.3 Å². The zero-order chi connectivity index (χ0) is 27.4. The smallest absolute Gasteiger partial charge is 0.382 e. The molecule has 2 fully saturated rings. The van der Waals surface area contributed by atoms with Crippen LogP contribution in [0.2, 0.25) is 0 Å². The van der Waals surface area contributed by atoms with Gasteiger partial charge >= 0.3 is 6.18 Å². The van der Waals surface area contributed by atoms with Crippen LogP contribution in [0, 0.1) is 24.0 Å². The van der Waals surface area contributed by atoms with Gasteiger partial charge in [0.1, 0.15) is 12.2 Å². The number of rotatable bonds is 7. The van der Waals surface area contributed by atoms with Crippen molar-refractivity contribution in [2.45, 2.75) is 57.9 Å². The molecular formula is C27H33F3N4O4. The number of nitro benzene ring substituents is 1. The van der Waals surface area contributed by atoms with Crippen LogP contribution in [0.3, 0.4) is 0 Å². The molecule has 4 rings (SSSR count). The van der Waals surface area contributed by atoms with Crippen molar-refractivity contribution in [3.8, 4) is 0 Å². The van der Waals surface area contributed by atoms with E-state index in [9.17, 15) is 28.1 Å². The van der Waals surface area contributed by atoms with Gasteiger partial charge in [-0.2, -0.15) is 13.2 Å². The lowest BCUT2D eigenvalue weighted by molar-refractivity contribution is -0.388. The summed E-state index contributed by atoms with van der Waals surface area (Å²) < 4.78 is 45.6. The number of nitro groups is 1. The number of piperazine rings is 1. The van der Waals surface area contributed by atoms with Crippen molar-refractivity contribution in [3.05, 3.63) is 63.2 Å². The number of alkyl halides is 3. The van der Waals surface area contributed by atoms with Gasteiger partial charge in [-0.15, -0.1) is 0 Å². The standard InChI is InChI=1S/C27H33F3N4O4/c1-18-3-9-24(19(2)15-18)32-11-13-33(14-12-32)26(35)17-38-22-7-4-20(5-8-22)31-21-6-10-25(34(36)37)23(16-21)27(28,29)30/h3,6,9-10,15-16,20,22,31H,4-5,7-8,11-14,17H2,1-2H3/t20-,22-. The van der Waals surface area contributed by atoms with Gasteiger partial charge in [0.15, 0.2) is 0 Å². The first-order valence-corrected chi connectivity index (χ1v) is 12.8. The molecule has 0 radical (unpaired) electrons. The molecule has 1 heterocycles. The Hall–Kier alpha value is -3.34. The Morgan fingerprint density at radius 1 is 1.05 bits per heavy atom. The summed E-state index contributed by atoms with van der Waals surface area (Å²) in [6, 6.07) is 9.29. The highest BCUT2D eigenvalue weighted by atomic mass is 19.4. The van der Waals surface area contributed by atoms with Crippen LogP contribution in [0.1, 0.15) is 42.4 Å². The fraction of sp³-hybridized carbons (Fsp3) is 0.519. The van der Waals surface area contributed by atoms with E-state index >= 15 is 0 Å². The van der Waals surface area contributed by atoms with Crippen LogP contribution in [0.25, 0.3) is 0 Å². The van der Waals surface area contributed by atoms with Crippen molar-refractivity contribution in [3.63, 3.8) is 0 Å². The summed E-state index contributed by atoms with van der Waals surface area (Å²) in [4.78, 5) is 26.8. The summed E-state index contributed by atoms with van der Waals surface area (Å²) in [5.74, 6) is -0.0314. The number of amides is 1. The van der Waals surface area contributed by atoms with Crippen molar-refractivity contribution in [1.82, 2.24) is 4.90 Å². The molecule has 2 aliphatic rings. The van der Waals surface area contributed by atoms with Crippen molar-refractivity contribution < 1.29 is 27.6 Å². The molecule has 38 heavy (non-hydrogen) atoms. The molecule has 1 aliphatic heterocycles. The SMILES string of the molecule is Cc1ccc(N2CCN(C(=O)CO[C@H]3CC[C@H](Nc4ccc([N+](=O)[O-])c(C(F)(F)F)c4)CC3)CC2)c(C)c1. The first-order valence-electron chi connectivity index (χ1n) is 12.8. The van der Waals surface area contributed by atoms with Crippen LogP contribution < -0.4 is 10.2 Å². The highest BCUT2D eigenvalue weighted by Gasteiger charge is 2.38. The second-order valence-electron chi connectivity index (χ2n) is 10.1. The number of nitrogens with one attached hydrogen (secondary N) is 1. The molecule has 1 saturated heterocycles. The van der Waals surface area contributed by atoms with E-state index in [4.69, 9.17) is 4.74 Å². The maximum atomic E-state index is 13.2. The van der Waals surface area contributed by atoms with E-state index in [0.717, 1.165) is 25.2 Å². The predicted octanol–water partition coefficient (Wildman–Crippen LogP) is 5.32. The maximum Gasteiger partial charge on any atom is 0.423 e. The van der Waals surface area contributed by atoms with Gasteiger partial charge in [0.05, 0.1) is 11.0 Å². The number of nitrogens with zero attached hydrogens (tertiary/aromatic N) is 3. The predicted molar refractivity (Wildman–Crippen MR) is 138 cm³/mol. The van der Waals surface area contributed by atoms with E-state index in [2.05, 4.69) is 42.3 Å². The normalized spacial score (nSPS) is 20.3. The van der Waals surface area contributed by atoms with Crippen LogP contribution >= 0.6 is 0 Å². The molecule has 1 aliphatic carbocycles. The van der Waals surface area contributed by atoms with Crippen molar-refractivity contribution in [2.75, 3.05) is 43.0 Å². The van der Waals surface area contributed by atoms with Crippen LogP contribution in [-0.4, -0.2) is 60.7 Å². The van der Waals surface area contributed by atoms with Gasteiger partial charge < -0.3 is 19.9 Å². The minimum absolute atomic E-state index is 0.0175. The molecular weight excluding hydrogens is 501 g/mol. The number of aryl methyl sites for hydroxylation is 2. The van der Waals surface area contributed by atoms with Crippen molar-refractivity contribution in [1.29, 1.82) is 0 Å². The fourth-order valence-corrected chi connectivity index (χ4v) is 5.26. The third-order valence-electron chi connectivity index (χ3n) is 7.31. The summed E-state index contributed by atoms with van der Waals surface area (Å²) in [5, 5.41) is 14.0. The van der Waals surface area contributed by atoms with E-state index < -0.39 is 22.4 Å². The van der Waals surface area contributed by atoms with Crippen molar-refractivity contribution >= 4 is 23.0 Å². The summed E-state index contributed by atoms with van der Waals surface area (Å²) in [7, 11) is 0. The molecule has 2 aromatic rings. The second kappa shape index (κ2) is 11.6. The minimum Gasteiger partial charge on any atom is -0.382 e. The summed E-state index contributed by atoms with van der Waals surface area (Å²) in [5.41, 5.74) is 1.63. The molecule has 0 unspecified atom stereocenters. The van der Waals surface area contributed by atoms with E-state index in [-0.39, 0.29) is 30.3 Å². The van der Waals surface area contributed by atoms with Crippen molar-refractivity contribution in [2.24, 2.45) is 0 Å². The van der Waals surface area contributed by atoms with Gasteiger partial charge in [0.25, 0.3) is 5.69 Å². The zero-order valence-corrected chi connectivity index (χ0v) is 21.6. The highest BCUT2D eigenvalue weighted by molar-refractivity contribution is 5.77. The van der Waals surface area contributed by atoms with Crippen LogP contribution in [0.5, 0.6) is 0 Å². The third kappa shape index (κ3) is 6.75. The number of hydrogen-bond donors (Lipinski definition) is 1. The maximum absolute atomic E-state index is 13.2. The molecule has 2 aromatic carbocycles. The summed E-state index contributed by atoms with van der Waals surface area (Å²) in [6.45, 7) is 7.01. The van der Waals surface area contributed by atoms with E-state index in [1.165, 1.54) is 22.9 Å². The number of hydrogen-bond acceptors (Lipinski definition) is 6. The molecule has 0 aromatic heterocycles. The molecule has 0 atom stereocenters. The Bertz CT molecular complexity index is 1160. The minimum atomic E-state index is -4.82. The van der Waals surface area contributed by atoms with Crippen LogP contribution in [0.4, 0.5) is 30.2 Å². The van der Waals surface area contributed by atoms with Gasteiger partial charge in [-0.3, -0.25) is 14.9 Å². The first-order chi connectivity index (χ1) is 18.0. The van der Waals surface area contributed by atoms with E-state index in [1.807, 2.05) is 4.90 Å². The molecule has 206 valence electrons. The largest absolute Gasteiger partial charge is 0.423 e. The van der Waals surface area contributed by atoms with Gasteiger partial charge in [0.2, 0.25) is 5.91 Å². The first kappa shape index (κ1) is 27.7. The second-order valence-corrected chi connectivity index (χ2v) is 10.1. The summed E-state index contributed by atoms with van der Waals surface area (Å²) >= 11 is 0. The van der Waals surface area contributed by atoms with Crippen LogP contribution in [0.15, 0.2) is 36.4 Å². The number of halogens is 3. The monoisotopic (exact) mass is 534 g/mol. The fourth-order valence-electron chi connectivity index (χ4n) is 5.26. The van der Waals surface area contributed by atoms with Gasteiger partial charge in [-0.25, -0.2) is 0 Å². The molecule has 0 bridgehead atoms.